The van der Waals surface area contributed by atoms with Crippen LogP contribution in [0.4, 0.5) is 11.6 Å². The summed E-state index contributed by atoms with van der Waals surface area (Å²) >= 11 is 1.88. The molecule has 5 heteroatoms. The molecule has 242 valence electrons. The number of anilines is 2. The van der Waals surface area contributed by atoms with E-state index < -0.39 is 0 Å². The lowest BCUT2D eigenvalue weighted by Crippen LogP contribution is -2.58. The highest BCUT2D eigenvalue weighted by Crippen LogP contribution is 2.54. The number of aromatic nitrogens is 2. The van der Waals surface area contributed by atoms with Gasteiger partial charge >= 0.3 is 6.85 Å². The van der Waals surface area contributed by atoms with E-state index in [4.69, 9.17) is 9.97 Å². The fourth-order valence-corrected chi connectivity index (χ4v) is 9.73. The largest absolute Gasteiger partial charge is 0.344 e. The van der Waals surface area contributed by atoms with Crippen molar-refractivity contribution in [3.8, 4) is 22.4 Å². The second-order valence-electron chi connectivity index (χ2n) is 13.8. The van der Waals surface area contributed by atoms with Crippen LogP contribution in [-0.4, -0.2) is 16.8 Å². The van der Waals surface area contributed by atoms with Gasteiger partial charge in [-0.3, -0.25) is 0 Å². The molecule has 1 aliphatic rings. The Morgan fingerprint density at radius 1 is 0.538 bits per heavy atom. The van der Waals surface area contributed by atoms with Crippen LogP contribution in [-0.2, 0) is 0 Å². The third kappa shape index (κ3) is 4.26. The van der Waals surface area contributed by atoms with E-state index in [0.717, 1.165) is 27.8 Å². The van der Waals surface area contributed by atoms with Gasteiger partial charge in [0.05, 0.1) is 21.6 Å². The summed E-state index contributed by atoms with van der Waals surface area (Å²) in [5, 5.41) is 8.60. The highest BCUT2D eigenvalue weighted by atomic mass is 32.1. The first-order valence-electron chi connectivity index (χ1n) is 17.8. The van der Waals surface area contributed by atoms with Gasteiger partial charge in [0.1, 0.15) is 0 Å². The minimum atomic E-state index is -0.185. The molecule has 0 saturated carbocycles. The van der Waals surface area contributed by atoms with Gasteiger partial charge in [-0.05, 0) is 51.6 Å². The average Bonchev–Trinajstić information content (AvgIpc) is 3.60. The molecule has 0 fully saturated rings. The molecule has 0 spiro atoms. The van der Waals surface area contributed by atoms with E-state index in [9.17, 15) is 0 Å². The van der Waals surface area contributed by atoms with Crippen LogP contribution in [0.3, 0.4) is 0 Å². The number of nitrogens with zero attached hydrogens (tertiary/aromatic N) is 3. The molecule has 0 N–H and O–H groups in total. The van der Waals surface area contributed by atoms with Gasteiger partial charge in [-0.1, -0.05) is 163 Å². The first-order chi connectivity index (χ1) is 25.7. The van der Waals surface area contributed by atoms with Crippen LogP contribution in [0.15, 0.2) is 164 Å². The number of para-hydroxylation sites is 1. The fraction of sp³-hybridized carbons (Fsp3) is 0.0213. The molecule has 11 rings (SSSR count). The number of hydrogen-bond acceptors (Lipinski definition) is 4. The van der Waals surface area contributed by atoms with E-state index in [-0.39, 0.29) is 6.85 Å². The van der Waals surface area contributed by atoms with Crippen LogP contribution >= 0.6 is 11.3 Å². The Morgan fingerprint density at radius 3 is 2.04 bits per heavy atom. The van der Waals surface area contributed by atoms with Crippen molar-refractivity contribution in [3.63, 3.8) is 0 Å². The van der Waals surface area contributed by atoms with Gasteiger partial charge < -0.3 is 4.81 Å². The number of thiophene rings is 1. The second-order valence-corrected chi connectivity index (χ2v) is 14.8. The maximum absolute atomic E-state index is 5.59. The monoisotopic (exact) mass is 679 g/mol. The molecule has 0 unspecified atom stereocenters. The van der Waals surface area contributed by atoms with Crippen molar-refractivity contribution in [1.82, 2.24) is 9.97 Å². The fourth-order valence-electron chi connectivity index (χ4n) is 8.47. The molecule has 0 atom stereocenters. The zero-order chi connectivity index (χ0) is 34.3. The third-order valence-corrected chi connectivity index (χ3v) is 11.9. The summed E-state index contributed by atoms with van der Waals surface area (Å²) in [6.45, 7) is 1.94. The summed E-state index contributed by atoms with van der Waals surface area (Å²) in [5.74, 6) is 0.692. The van der Waals surface area contributed by atoms with E-state index in [2.05, 4.69) is 176 Å². The molecule has 0 radical (unpaired) electrons. The maximum Gasteiger partial charge on any atom is 0.332 e. The minimum absolute atomic E-state index is 0.185. The molecular weight excluding hydrogens is 649 g/mol. The lowest BCUT2D eigenvalue weighted by Gasteiger charge is -2.39. The van der Waals surface area contributed by atoms with Crippen molar-refractivity contribution >= 4 is 93.4 Å². The first-order valence-corrected chi connectivity index (χ1v) is 18.6. The van der Waals surface area contributed by atoms with Crippen LogP contribution in [0.2, 0.25) is 0 Å². The van der Waals surface area contributed by atoms with Crippen LogP contribution in [0.5, 0.6) is 0 Å². The molecule has 8 aromatic carbocycles. The number of hydrogen-bond donors (Lipinski definition) is 0. The molecule has 52 heavy (non-hydrogen) atoms. The Hall–Kier alpha value is -6.30. The number of aryl methyl sites for hydroxylation is 1. The van der Waals surface area contributed by atoms with Crippen LogP contribution in [0.1, 0.15) is 5.56 Å². The zero-order valence-corrected chi connectivity index (χ0v) is 29.2. The van der Waals surface area contributed by atoms with Crippen LogP contribution < -0.4 is 15.7 Å². The van der Waals surface area contributed by atoms with Gasteiger partial charge in [-0.15, -0.1) is 11.3 Å². The predicted octanol–water partition coefficient (Wildman–Crippen LogP) is 11.2. The molecule has 3 heterocycles. The second kappa shape index (κ2) is 11.4. The third-order valence-electron chi connectivity index (χ3n) is 10.8. The number of benzene rings is 8. The normalized spacial score (nSPS) is 12.6. The molecule has 1 aliphatic heterocycles. The van der Waals surface area contributed by atoms with Crippen molar-refractivity contribution in [2.24, 2.45) is 0 Å². The first kappa shape index (κ1) is 29.4. The van der Waals surface area contributed by atoms with Crippen LogP contribution in [0, 0.1) is 6.92 Å². The summed E-state index contributed by atoms with van der Waals surface area (Å²) in [6.07, 6.45) is 0. The number of rotatable bonds is 3. The molecule has 0 bridgehead atoms. The van der Waals surface area contributed by atoms with E-state index in [1.54, 1.807) is 0 Å². The van der Waals surface area contributed by atoms with Gasteiger partial charge in [0.15, 0.2) is 0 Å². The van der Waals surface area contributed by atoms with Crippen molar-refractivity contribution in [2.45, 2.75) is 6.92 Å². The Kier molecular flexibility index (Phi) is 6.43. The minimum Gasteiger partial charge on any atom is -0.344 e. The van der Waals surface area contributed by atoms with Gasteiger partial charge in [-0.25, -0.2) is 9.97 Å². The van der Waals surface area contributed by atoms with Crippen molar-refractivity contribution in [2.75, 3.05) is 4.81 Å². The lowest BCUT2D eigenvalue weighted by atomic mass is 9.45. The van der Waals surface area contributed by atoms with E-state index >= 15 is 0 Å². The quantitative estimate of drug-likeness (QED) is 0.174. The molecule has 0 aliphatic carbocycles. The molecule has 0 saturated heterocycles. The summed E-state index contributed by atoms with van der Waals surface area (Å²) in [6, 6.07) is 59.4. The Morgan fingerprint density at radius 2 is 1.21 bits per heavy atom. The smallest absolute Gasteiger partial charge is 0.332 e. The Labute approximate surface area is 305 Å². The van der Waals surface area contributed by atoms with E-state index in [1.807, 2.05) is 11.3 Å². The Bertz CT molecular complexity index is 3040. The standard InChI is InChI=1S/C47H30BN3S/c1-29-23-25-31(26-24-29)44-36-19-9-11-21-39(36)49-47(50-44)51-45-43(35-18-8-7-17-34(35)41-37-20-10-12-22-40(37)52-46(41)45)42-33-16-6-5-13-30(33)27-28-38(42)48(51)32-14-3-2-4-15-32/h2-28H,1H3. The molecule has 10 aromatic rings. The van der Waals surface area contributed by atoms with Crippen molar-refractivity contribution in [3.05, 3.63) is 169 Å². The summed E-state index contributed by atoms with van der Waals surface area (Å²) in [5.41, 5.74) is 10.3. The molecule has 0 amide bonds. The molecular formula is C47H30BN3S. The summed E-state index contributed by atoms with van der Waals surface area (Å²) in [7, 11) is 0. The summed E-state index contributed by atoms with van der Waals surface area (Å²) < 4.78 is 2.53. The van der Waals surface area contributed by atoms with Gasteiger partial charge in [-0.2, -0.15) is 0 Å². The molecule has 3 nitrogen and oxygen atoms in total. The lowest BCUT2D eigenvalue weighted by molar-refractivity contribution is 1.16. The van der Waals surface area contributed by atoms with Gasteiger partial charge in [0, 0.05) is 32.0 Å². The Balaban J connectivity index is 1.36. The molecule has 2 aromatic heterocycles. The van der Waals surface area contributed by atoms with Crippen LogP contribution in [0.25, 0.3) is 75.0 Å². The van der Waals surface area contributed by atoms with Crippen molar-refractivity contribution < 1.29 is 0 Å². The SMILES string of the molecule is Cc1ccc(-c2nc(N3B(c4ccccc4)c4ccc5ccccc5c4-c4c3c3sc5ccccc5c3c3ccccc43)nc3ccccc23)cc1. The average molecular weight is 680 g/mol. The highest BCUT2D eigenvalue weighted by Gasteiger charge is 2.42. The number of fused-ring (bicyclic) bond motifs is 13. The van der Waals surface area contributed by atoms with Gasteiger partial charge in [0.2, 0.25) is 5.95 Å². The predicted molar refractivity (Wildman–Crippen MR) is 223 cm³/mol. The summed E-state index contributed by atoms with van der Waals surface area (Å²) in [4.78, 5) is 13.5. The maximum atomic E-state index is 5.59. The van der Waals surface area contributed by atoms with E-state index in [1.165, 1.54) is 69.3 Å². The highest BCUT2D eigenvalue weighted by molar-refractivity contribution is 7.26. The van der Waals surface area contributed by atoms with E-state index in [0.29, 0.717) is 5.95 Å². The zero-order valence-electron chi connectivity index (χ0n) is 28.4. The van der Waals surface area contributed by atoms with Gasteiger partial charge in [0.25, 0.3) is 0 Å². The van der Waals surface area contributed by atoms with Crippen molar-refractivity contribution in [1.29, 1.82) is 0 Å². The topological polar surface area (TPSA) is 29.0 Å².